The van der Waals surface area contributed by atoms with Crippen LogP contribution in [0, 0.1) is 25.2 Å². The van der Waals surface area contributed by atoms with Crippen molar-refractivity contribution in [3.05, 3.63) is 40.5 Å². The third kappa shape index (κ3) is 4.23. The number of thioether (sulfide) groups is 1. The largest absolute Gasteiger partial charge is 0.410 e. The Balaban J connectivity index is 1.59. The number of carbonyl (C=O) groups is 1. The molecule has 0 aliphatic heterocycles. The summed E-state index contributed by atoms with van der Waals surface area (Å²) < 4.78 is 5.59. The van der Waals surface area contributed by atoms with Gasteiger partial charge in [0.25, 0.3) is 11.1 Å². The molecule has 3 rings (SSSR count). The predicted octanol–water partition coefficient (Wildman–Crippen LogP) is 3.41. The van der Waals surface area contributed by atoms with Crippen LogP contribution in [0.2, 0.25) is 0 Å². The highest BCUT2D eigenvalue weighted by atomic mass is 32.2. The average Bonchev–Trinajstić information content (AvgIpc) is 3.19. The van der Waals surface area contributed by atoms with Crippen molar-refractivity contribution in [1.29, 1.82) is 5.26 Å². The second kappa shape index (κ2) is 7.46. The fourth-order valence-electron chi connectivity index (χ4n) is 2.08. The maximum atomic E-state index is 12.0. The van der Waals surface area contributed by atoms with E-state index in [-0.39, 0.29) is 11.7 Å². The van der Waals surface area contributed by atoms with Crippen LogP contribution in [0.25, 0.3) is 10.8 Å². The molecule has 0 fully saturated rings. The van der Waals surface area contributed by atoms with E-state index in [1.54, 1.807) is 24.3 Å². The second-order valence-corrected chi connectivity index (χ2v) is 7.18. The zero-order valence-corrected chi connectivity index (χ0v) is 15.1. The van der Waals surface area contributed by atoms with E-state index in [9.17, 15) is 4.79 Å². The van der Waals surface area contributed by atoms with Crippen LogP contribution in [-0.4, -0.2) is 26.8 Å². The van der Waals surface area contributed by atoms with Crippen molar-refractivity contribution in [1.82, 2.24) is 15.2 Å². The van der Waals surface area contributed by atoms with Crippen molar-refractivity contribution in [3.63, 3.8) is 0 Å². The Labute approximate surface area is 152 Å². The lowest BCUT2D eigenvalue weighted by atomic mass is 10.2. The first-order chi connectivity index (χ1) is 12.0. The standard InChI is InChI=1S/C16H13N5O2S2/c1-9-14(25-10(2)18-9)15-20-21-16(23-15)24-8-13(22)19-12-5-3-4-11(6-12)7-17/h3-6H,8H2,1-2H3,(H,19,22). The van der Waals surface area contributed by atoms with Crippen molar-refractivity contribution < 1.29 is 9.21 Å². The molecule has 0 aliphatic carbocycles. The van der Waals surface area contributed by atoms with Crippen LogP contribution in [0.3, 0.4) is 0 Å². The summed E-state index contributed by atoms with van der Waals surface area (Å²) in [4.78, 5) is 17.2. The van der Waals surface area contributed by atoms with Crippen LogP contribution in [-0.2, 0) is 4.79 Å². The number of anilines is 1. The SMILES string of the molecule is Cc1nc(C)c(-c2nnc(SCC(=O)Nc3cccc(C#N)c3)o2)s1. The molecule has 0 atom stereocenters. The zero-order valence-electron chi connectivity index (χ0n) is 13.4. The Morgan fingerprint density at radius 2 is 2.24 bits per heavy atom. The van der Waals surface area contributed by atoms with Gasteiger partial charge in [-0.05, 0) is 32.0 Å². The van der Waals surface area contributed by atoms with Gasteiger partial charge in [-0.1, -0.05) is 17.8 Å². The van der Waals surface area contributed by atoms with Crippen LogP contribution in [0.1, 0.15) is 16.3 Å². The number of carbonyl (C=O) groups excluding carboxylic acids is 1. The van der Waals surface area contributed by atoms with Crippen molar-refractivity contribution in [2.75, 3.05) is 11.1 Å². The van der Waals surface area contributed by atoms with Crippen LogP contribution in [0.15, 0.2) is 33.9 Å². The highest BCUT2D eigenvalue weighted by molar-refractivity contribution is 7.99. The highest BCUT2D eigenvalue weighted by Crippen LogP contribution is 2.30. The van der Waals surface area contributed by atoms with Gasteiger partial charge in [0.15, 0.2) is 0 Å². The number of nitriles is 1. The molecule has 3 aromatic rings. The number of thiazole rings is 1. The van der Waals surface area contributed by atoms with E-state index >= 15 is 0 Å². The Hall–Kier alpha value is -2.70. The maximum Gasteiger partial charge on any atom is 0.277 e. The summed E-state index contributed by atoms with van der Waals surface area (Å²) in [5.41, 5.74) is 1.91. The van der Waals surface area contributed by atoms with E-state index in [1.807, 2.05) is 19.9 Å². The van der Waals surface area contributed by atoms with Gasteiger partial charge in [-0.15, -0.1) is 21.5 Å². The molecule has 2 heterocycles. The smallest absolute Gasteiger partial charge is 0.277 e. The van der Waals surface area contributed by atoms with E-state index in [0.717, 1.165) is 27.3 Å². The van der Waals surface area contributed by atoms with Crippen LogP contribution in [0.5, 0.6) is 0 Å². The Morgan fingerprint density at radius 3 is 2.96 bits per heavy atom. The Kier molecular flexibility index (Phi) is 5.11. The number of hydrogen-bond donors (Lipinski definition) is 1. The summed E-state index contributed by atoms with van der Waals surface area (Å²) in [6.07, 6.45) is 0. The lowest BCUT2D eigenvalue weighted by Gasteiger charge is -2.03. The lowest BCUT2D eigenvalue weighted by molar-refractivity contribution is -0.113. The Bertz CT molecular complexity index is 958. The number of hydrogen-bond acceptors (Lipinski definition) is 8. The van der Waals surface area contributed by atoms with Gasteiger partial charge < -0.3 is 9.73 Å². The number of aromatic nitrogens is 3. The molecule has 0 unspecified atom stereocenters. The van der Waals surface area contributed by atoms with Gasteiger partial charge in [-0.25, -0.2) is 4.98 Å². The number of aryl methyl sites for hydroxylation is 2. The van der Waals surface area contributed by atoms with E-state index in [1.165, 1.54) is 11.3 Å². The fraction of sp³-hybridized carbons (Fsp3) is 0.188. The van der Waals surface area contributed by atoms with Gasteiger partial charge in [0, 0.05) is 5.69 Å². The summed E-state index contributed by atoms with van der Waals surface area (Å²) in [6, 6.07) is 8.76. The molecule has 126 valence electrons. The molecule has 2 aromatic heterocycles. The number of benzene rings is 1. The van der Waals surface area contributed by atoms with Crippen molar-refractivity contribution in [2.45, 2.75) is 19.1 Å². The quantitative estimate of drug-likeness (QED) is 0.685. The molecule has 1 amide bonds. The molecular weight excluding hydrogens is 358 g/mol. The molecule has 1 aromatic carbocycles. The second-order valence-electron chi connectivity index (χ2n) is 5.05. The van der Waals surface area contributed by atoms with E-state index in [0.29, 0.717) is 22.4 Å². The van der Waals surface area contributed by atoms with E-state index < -0.39 is 0 Å². The summed E-state index contributed by atoms with van der Waals surface area (Å²) in [5.74, 6) is 0.316. The van der Waals surface area contributed by atoms with Crippen LogP contribution < -0.4 is 5.32 Å². The highest BCUT2D eigenvalue weighted by Gasteiger charge is 2.16. The molecule has 0 saturated carbocycles. The minimum atomic E-state index is -0.218. The normalized spacial score (nSPS) is 10.4. The van der Waals surface area contributed by atoms with Gasteiger partial charge in [0.05, 0.1) is 28.1 Å². The van der Waals surface area contributed by atoms with Gasteiger partial charge >= 0.3 is 0 Å². The third-order valence-electron chi connectivity index (χ3n) is 3.11. The third-order valence-corrected chi connectivity index (χ3v) is 4.99. The van der Waals surface area contributed by atoms with Crippen molar-refractivity contribution >= 4 is 34.7 Å². The molecule has 1 N–H and O–H groups in total. The van der Waals surface area contributed by atoms with Gasteiger partial charge in [-0.3, -0.25) is 4.79 Å². The molecular formula is C16H13N5O2S2. The van der Waals surface area contributed by atoms with Crippen LogP contribution >= 0.6 is 23.1 Å². The first-order valence-corrected chi connectivity index (χ1v) is 9.06. The molecule has 0 saturated heterocycles. The molecule has 25 heavy (non-hydrogen) atoms. The number of amides is 1. The molecule has 0 spiro atoms. The topological polar surface area (TPSA) is 105 Å². The molecule has 9 heteroatoms. The Morgan fingerprint density at radius 1 is 1.40 bits per heavy atom. The summed E-state index contributed by atoms with van der Waals surface area (Å²) >= 11 is 2.64. The zero-order chi connectivity index (χ0) is 17.8. The van der Waals surface area contributed by atoms with Gasteiger partial charge in [0.1, 0.15) is 4.88 Å². The monoisotopic (exact) mass is 371 g/mol. The molecule has 0 bridgehead atoms. The van der Waals surface area contributed by atoms with Crippen molar-refractivity contribution in [3.8, 4) is 16.8 Å². The maximum absolute atomic E-state index is 12.0. The first-order valence-electron chi connectivity index (χ1n) is 7.26. The fourth-order valence-corrected chi connectivity index (χ4v) is 3.48. The minimum Gasteiger partial charge on any atom is -0.410 e. The number of nitrogens with one attached hydrogen (secondary N) is 1. The van der Waals surface area contributed by atoms with E-state index in [2.05, 4.69) is 20.5 Å². The van der Waals surface area contributed by atoms with E-state index in [4.69, 9.17) is 9.68 Å². The molecule has 0 radical (unpaired) electrons. The van der Waals surface area contributed by atoms with Crippen LogP contribution in [0.4, 0.5) is 5.69 Å². The first kappa shape index (κ1) is 17.1. The summed E-state index contributed by atoms with van der Waals surface area (Å²) in [5, 5.41) is 20.8. The number of nitrogens with zero attached hydrogens (tertiary/aromatic N) is 4. The molecule has 7 nitrogen and oxygen atoms in total. The van der Waals surface area contributed by atoms with Crippen molar-refractivity contribution in [2.24, 2.45) is 0 Å². The van der Waals surface area contributed by atoms with Gasteiger partial charge in [0.2, 0.25) is 5.91 Å². The average molecular weight is 371 g/mol. The summed E-state index contributed by atoms with van der Waals surface area (Å²) in [7, 11) is 0. The van der Waals surface area contributed by atoms with Gasteiger partial charge in [-0.2, -0.15) is 5.26 Å². The lowest BCUT2D eigenvalue weighted by Crippen LogP contribution is -2.14. The predicted molar refractivity (Wildman–Crippen MR) is 95.4 cm³/mol. The number of rotatable bonds is 5. The minimum absolute atomic E-state index is 0.124. The molecule has 0 aliphatic rings. The summed E-state index contributed by atoms with van der Waals surface area (Å²) in [6.45, 7) is 3.80.